The number of unbranched alkanes of at least 4 members (excludes halogenated alkanes) is 1. The Hall–Kier alpha value is -0.940. The average molecular weight is 405 g/mol. The highest BCUT2D eigenvalue weighted by Gasteiger charge is 2.09. The predicted molar refractivity (Wildman–Crippen MR) is 106 cm³/mol. The van der Waals surface area contributed by atoms with Gasteiger partial charge in [0.15, 0.2) is 0 Å². The first-order chi connectivity index (χ1) is 11.7. The predicted octanol–water partition coefficient (Wildman–Crippen LogP) is 5.25. The lowest BCUT2D eigenvalue weighted by Gasteiger charge is -2.26. The highest BCUT2D eigenvalue weighted by Crippen LogP contribution is 2.24. The molecular formula is C18H24Cl3N3O. The van der Waals surface area contributed by atoms with E-state index in [2.05, 4.69) is 10.00 Å². The first-order valence-corrected chi connectivity index (χ1v) is 9.34. The normalized spacial score (nSPS) is 15.0. The van der Waals surface area contributed by atoms with Crippen molar-refractivity contribution in [2.24, 2.45) is 0 Å². The van der Waals surface area contributed by atoms with Crippen molar-refractivity contribution in [2.75, 3.05) is 26.2 Å². The molecule has 1 saturated heterocycles. The SMILES string of the molecule is Cl.Clc1ccc(-n2ccc(OCCCCN3CCCCC3)n2)cc1Cl. The minimum absolute atomic E-state index is 0. The van der Waals surface area contributed by atoms with Crippen LogP contribution in [0.3, 0.4) is 0 Å². The summed E-state index contributed by atoms with van der Waals surface area (Å²) in [5.41, 5.74) is 0.865. The minimum Gasteiger partial charge on any atom is -0.477 e. The molecule has 2 heterocycles. The van der Waals surface area contributed by atoms with Gasteiger partial charge in [-0.05, 0) is 63.5 Å². The maximum atomic E-state index is 6.04. The van der Waals surface area contributed by atoms with E-state index in [9.17, 15) is 0 Å². The van der Waals surface area contributed by atoms with Gasteiger partial charge in [0.1, 0.15) is 0 Å². The maximum absolute atomic E-state index is 6.04. The molecule has 3 rings (SSSR count). The molecule has 0 atom stereocenters. The Morgan fingerprint density at radius 3 is 2.56 bits per heavy atom. The van der Waals surface area contributed by atoms with Crippen LogP contribution in [0.4, 0.5) is 0 Å². The summed E-state index contributed by atoms with van der Waals surface area (Å²) in [6.07, 6.45) is 8.18. The van der Waals surface area contributed by atoms with Crippen LogP contribution in [0, 0.1) is 0 Å². The van der Waals surface area contributed by atoms with Gasteiger partial charge >= 0.3 is 0 Å². The number of ether oxygens (including phenoxy) is 1. The fraction of sp³-hybridized carbons (Fsp3) is 0.500. The number of aromatic nitrogens is 2. The van der Waals surface area contributed by atoms with Crippen molar-refractivity contribution >= 4 is 35.6 Å². The van der Waals surface area contributed by atoms with E-state index in [1.165, 1.54) is 45.3 Å². The third-order valence-corrected chi connectivity index (χ3v) is 5.04. The lowest BCUT2D eigenvalue weighted by atomic mass is 10.1. The van der Waals surface area contributed by atoms with Crippen LogP contribution < -0.4 is 4.74 Å². The van der Waals surface area contributed by atoms with Crippen molar-refractivity contribution in [2.45, 2.75) is 32.1 Å². The fourth-order valence-corrected chi connectivity index (χ4v) is 3.25. The molecule has 0 radical (unpaired) electrons. The summed E-state index contributed by atoms with van der Waals surface area (Å²) in [6, 6.07) is 7.30. The van der Waals surface area contributed by atoms with Crippen molar-refractivity contribution in [3.63, 3.8) is 0 Å². The number of nitrogens with zero attached hydrogens (tertiary/aromatic N) is 3. The van der Waals surface area contributed by atoms with Crippen LogP contribution in [-0.4, -0.2) is 40.9 Å². The summed E-state index contributed by atoms with van der Waals surface area (Å²) in [6.45, 7) is 4.40. The molecule has 1 aromatic carbocycles. The van der Waals surface area contributed by atoms with Gasteiger partial charge in [0, 0.05) is 12.3 Å². The summed E-state index contributed by atoms with van der Waals surface area (Å²) in [4.78, 5) is 2.56. The maximum Gasteiger partial charge on any atom is 0.233 e. The van der Waals surface area contributed by atoms with Gasteiger partial charge in [-0.15, -0.1) is 17.5 Å². The zero-order chi connectivity index (χ0) is 16.8. The van der Waals surface area contributed by atoms with Gasteiger partial charge in [0.2, 0.25) is 5.88 Å². The van der Waals surface area contributed by atoms with Gasteiger partial charge in [0.05, 0.1) is 22.3 Å². The van der Waals surface area contributed by atoms with E-state index < -0.39 is 0 Å². The summed E-state index contributed by atoms with van der Waals surface area (Å²) < 4.78 is 7.48. The minimum atomic E-state index is 0. The summed E-state index contributed by atoms with van der Waals surface area (Å²) in [5, 5.41) is 5.48. The smallest absolute Gasteiger partial charge is 0.233 e. The molecule has 1 aliphatic rings. The molecular weight excluding hydrogens is 381 g/mol. The van der Waals surface area contributed by atoms with Crippen molar-refractivity contribution in [1.29, 1.82) is 0 Å². The Bertz CT molecular complexity index is 657. The zero-order valence-corrected chi connectivity index (χ0v) is 16.5. The lowest BCUT2D eigenvalue weighted by molar-refractivity contribution is 0.214. The quantitative estimate of drug-likeness (QED) is 0.591. The van der Waals surface area contributed by atoms with E-state index >= 15 is 0 Å². The monoisotopic (exact) mass is 403 g/mol. The van der Waals surface area contributed by atoms with Crippen LogP contribution in [0.1, 0.15) is 32.1 Å². The van der Waals surface area contributed by atoms with E-state index in [1.54, 1.807) is 16.8 Å². The van der Waals surface area contributed by atoms with Gasteiger partial charge in [-0.25, -0.2) is 4.68 Å². The Morgan fingerprint density at radius 1 is 1.00 bits per heavy atom. The van der Waals surface area contributed by atoms with Crippen molar-refractivity contribution < 1.29 is 4.74 Å². The number of rotatable bonds is 7. The van der Waals surface area contributed by atoms with Crippen molar-refractivity contribution in [1.82, 2.24) is 14.7 Å². The zero-order valence-electron chi connectivity index (χ0n) is 14.2. The molecule has 138 valence electrons. The van der Waals surface area contributed by atoms with Crippen LogP contribution in [0.25, 0.3) is 5.69 Å². The van der Waals surface area contributed by atoms with Crippen molar-refractivity contribution in [3.8, 4) is 11.6 Å². The van der Waals surface area contributed by atoms with E-state index in [1.807, 2.05) is 18.3 Å². The van der Waals surface area contributed by atoms with Gasteiger partial charge in [-0.2, -0.15) is 0 Å². The largest absolute Gasteiger partial charge is 0.477 e. The van der Waals surface area contributed by atoms with Crippen LogP contribution in [0.15, 0.2) is 30.5 Å². The number of likely N-dealkylation sites (tertiary alicyclic amines) is 1. The van der Waals surface area contributed by atoms with E-state index in [0.29, 0.717) is 22.5 Å². The van der Waals surface area contributed by atoms with E-state index in [0.717, 1.165) is 12.1 Å². The molecule has 0 unspecified atom stereocenters. The molecule has 25 heavy (non-hydrogen) atoms. The average Bonchev–Trinajstić information content (AvgIpc) is 3.07. The molecule has 1 fully saturated rings. The van der Waals surface area contributed by atoms with Crippen LogP contribution in [0.5, 0.6) is 5.88 Å². The molecule has 0 aliphatic carbocycles. The first-order valence-electron chi connectivity index (χ1n) is 8.58. The molecule has 7 heteroatoms. The molecule has 0 spiro atoms. The first kappa shape index (κ1) is 20.4. The Morgan fingerprint density at radius 2 is 1.80 bits per heavy atom. The third-order valence-electron chi connectivity index (χ3n) is 4.30. The second kappa shape index (κ2) is 10.3. The summed E-state index contributed by atoms with van der Waals surface area (Å²) in [5.74, 6) is 0.638. The number of hydrogen-bond acceptors (Lipinski definition) is 3. The molecule has 0 bridgehead atoms. The fourth-order valence-electron chi connectivity index (χ4n) is 2.95. The second-order valence-electron chi connectivity index (χ2n) is 6.15. The molecule has 0 amide bonds. The number of benzene rings is 1. The molecule has 0 N–H and O–H groups in total. The second-order valence-corrected chi connectivity index (χ2v) is 6.97. The number of halogens is 3. The van der Waals surface area contributed by atoms with Crippen LogP contribution in [-0.2, 0) is 0 Å². The highest BCUT2D eigenvalue weighted by molar-refractivity contribution is 6.42. The molecule has 0 saturated carbocycles. The molecule has 2 aromatic rings. The molecule has 4 nitrogen and oxygen atoms in total. The van der Waals surface area contributed by atoms with Gasteiger partial charge < -0.3 is 9.64 Å². The standard InChI is InChI=1S/C18H23Cl2N3O.ClH/c19-16-7-6-15(14-17(16)20)23-12-8-18(21-23)24-13-5-4-11-22-9-2-1-3-10-22;/h6-8,12,14H,1-5,9-11,13H2;1H. The van der Waals surface area contributed by atoms with Gasteiger partial charge in [0.25, 0.3) is 0 Å². The lowest BCUT2D eigenvalue weighted by Crippen LogP contribution is -2.30. The Balaban J connectivity index is 0.00000225. The molecule has 1 aromatic heterocycles. The molecule has 1 aliphatic heterocycles. The Labute approximate surface area is 165 Å². The number of hydrogen-bond donors (Lipinski definition) is 0. The third kappa shape index (κ3) is 6.07. The van der Waals surface area contributed by atoms with E-state index in [-0.39, 0.29) is 12.4 Å². The van der Waals surface area contributed by atoms with Crippen molar-refractivity contribution in [3.05, 3.63) is 40.5 Å². The summed E-state index contributed by atoms with van der Waals surface area (Å²) in [7, 11) is 0. The van der Waals surface area contributed by atoms with Crippen LogP contribution >= 0.6 is 35.6 Å². The Kier molecular flexibility index (Phi) is 8.37. The van der Waals surface area contributed by atoms with Crippen LogP contribution in [0.2, 0.25) is 10.0 Å². The van der Waals surface area contributed by atoms with Gasteiger partial charge in [-0.3, -0.25) is 0 Å². The highest BCUT2D eigenvalue weighted by atomic mass is 35.5. The summed E-state index contributed by atoms with van der Waals surface area (Å²) >= 11 is 12.0. The topological polar surface area (TPSA) is 30.3 Å². The van der Waals surface area contributed by atoms with E-state index in [4.69, 9.17) is 27.9 Å². The van der Waals surface area contributed by atoms with Gasteiger partial charge in [-0.1, -0.05) is 29.6 Å². The number of piperidine rings is 1.